The SMILES string of the molecule is CCNCCC(N)c1nc(-c2cc3ccccc3o2)nc2ccccc12. The molecule has 2 aromatic carbocycles. The molecule has 0 bridgehead atoms. The molecule has 0 aliphatic rings. The smallest absolute Gasteiger partial charge is 0.196 e. The van der Waals surface area contributed by atoms with Crippen molar-refractivity contribution in [2.45, 2.75) is 19.4 Å². The normalized spacial score (nSPS) is 12.7. The highest BCUT2D eigenvalue weighted by Crippen LogP contribution is 2.29. The van der Waals surface area contributed by atoms with E-state index in [4.69, 9.17) is 20.1 Å². The van der Waals surface area contributed by atoms with Crippen LogP contribution in [0.5, 0.6) is 0 Å². The Balaban J connectivity index is 1.80. The van der Waals surface area contributed by atoms with Gasteiger partial charge in [-0.25, -0.2) is 9.97 Å². The van der Waals surface area contributed by atoms with Crippen molar-refractivity contribution in [3.63, 3.8) is 0 Å². The summed E-state index contributed by atoms with van der Waals surface area (Å²) in [4.78, 5) is 9.49. The Morgan fingerprint density at radius 2 is 1.88 bits per heavy atom. The molecule has 26 heavy (non-hydrogen) atoms. The second kappa shape index (κ2) is 7.23. The Morgan fingerprint density at radius 3 is 2.73 bits per heavy atom. The molecule has 4 rings (SSSR count). The maximum absolute atomic E-state index is 6.46. The standard InChI is InChI=1S/C21H22N4O/c1-2-23-12-11-16(22)20-15-8-4-5-9-17(15)24-21(25-20)19-13-14-7-3-6-10-18(14)26-19/h3-10,13,16,23H,2,11-12,22H2,1H3. The van der Waals surface area contributed by atoms with E-state index in [0.29, 0.717) is 11.6 Å². The van der Waals surface area contributed by atoms with Gasteiger partial charge in [-0.15, -0.1) is 0 Å². The van der Waals surface area contributed by atoms with Crippen LogP contribution in [0, 0.1) is 0 Å². The predicted octanol–water partition coefficient (Wildman–Crippen LogP) is 4.04. The number of hydrogen-bond acceptors (Lipinski definition) is 5. The molecule has 0 fully saturated rings. The van der Waals surface area contributed by atoms with Crippen molar-refractivity contribution < 1.29 is 4.42 Å². The molecule has 0 aliphatic heterocycles. The van der Waals surface area contributed by atoms with Gasteiger partial charge in [0.25, 0.3) is 0 Å². The summed E-state index contributed by atoms with van der Waals surface area (Å²) in [7, 11) is 0. The fourth-order valence-corrected chi connectivity index (χ4v) is 3.16. The van der Waals surface area contributed by atoms with E-state index < -0.39 is 0 Å². The molecule has 0 spiro atoms. The molecule has 5 heteroatoms. The van der Waals surface area contributed by atoms with Gasteiger partial charge in [0.1, 0.15) is 5.58 Å². The van der Waals surface area contributed by atoms with Gasteiger partial charge in [0.15, 0.2) is 11.6 Å². The average Bonchev–Trinajstić information content (AvgIpc) is 3.11. The van der Waals surface area contributed by atoms with Crippen LogP contribution in [0.25, 0.3) is 33.5 Å². The molecule has 0 aliphatic carbocycles. The van der Waals surface area contributed by atoms with Crippen molar-refractivity contribution in [3.05, 3.63) is 60.3 Å². The van der Waals surface area contributed by atoms with Crippen molar-refractivity contribution in [2.24, 2.45) is 5.73 Å². The quantitative estimate of drug-likeness (QED) is 0.515. The van der Waals surface area contributed by atoms with E-state index in [1.165, 1.54) is 0 Å². The van der Waals surface area contributed by atoms with Crippen LogP contribution in [0.2, 0.25) is 0 Å². The summed E-state index contributed by atoms with van der Waals surface area (Å²) in [5.74, 6) is 1.24. The third-order valence-corrected chi connectivity index (χ3v) is 4.51. The number of rotatable bonds is 6. The van der Waals surface area contributed by atoms with E-state index in [1.807, 2.05) is 54.6 Å². The molecule has 1 atom stereocenters. The van der Waals surface area contributed by atoms with Crippen LogP contribution in [-0.2, 0) is 0 Å². The van der Waals surface area contributed by atoms with Crippen LogP contribution in [0.4, 0.5) is 0 Å². The van der Waals surface area contributed by atoms with Crippen LogP contribution >= 0.6 is 0 Å². The van der Waals surface area contributed by atoms with E-state index in [-0.39, 0.29) is 6.04 Å². The summed E-state index contributed by atoms with van der Waals surface area (Å²) >= 11 is 0. The number of furan rings is 1. The topological polar surface area (TPSA) is 77.0 Å². The Labute approximate surface area is 152 Å². The molecule has 4 aromatic rings. The molecule has 2 aromatic heterocycles. The van der Waals surface area contributed by atoms with E-state index in [1.54, 1.807) is 0 Å². The van der Waals surface area contributed by atoms with Crippen LogP contribution in [0.1, 0.15) is 25.1 Å². The van der Waals surface area contributed by atoms with Crippen LogP contribution in [-0.4, -0.2) is 23.1 Å². The highest BCUT2D eigenvalue weighted by Gasteiger charge is 2.17. The number of hydrogen-bond donors (Lipinski definition) is 2. The maximum Gasteiger partial charge on any atom is 0.196 e. The molecule has 5 nitrogen and oxygen atoms in total. The van der Waals surface area contributed by atoms with Crippen LogP contribution in [0.3, 0.4) is 0 Å². The number of benzene rings is 2. The maximum atomic E-state index is 6.46. The summed E-state index contributed by atoms with van der Waals surface area (Å²) in [6.45, 7) is 3.88. The van der Waals surface area contributed by atoms with Crippen molar-refractivity contribution in [1.29, 1.82) is 0 Å². The zero-order valence-corrected chi connectivity index (χ0v) is 14.8. The monoisotopic (exact) mass is 346 g/mol. The van der Waals surface area contributed by atoms with Gasteiger partial charge in [-0.2, -0.15) is 0 Å². The lowest BCUT2D eigenvalue weighted by molar-refractivity contribution is 0.582. The Morgan fingerprint density at radius 1 is 1.08 bits per heavy atom. The number of fused-ring (bicyclic) bond motifs is 2. The molecule has 0 saturated carbocycles. The lowest BCUT2D eigenvalue weighted by Crippen LogP contribution is -2.22. The number of para-hydroxylation sites is 2. The lowest BCUT2D eigenvalue weighted by atomic mass is 10.1. The van der Waals surface area contributed by atoms with Crippen molar-refractivity contribution >= 4 is 21.9 Å². The molecular formula is C21H22N4O. The van der Waals surface area contributed by atoms with Gasteiger partial charge in [0.2, 0.25) is 0 Å². The number of nitrogens with zero attached hydrogens (tertiary/aromatic N) is 2. The second-order valence-electron chi connectivity index (χ2n) is 6.35. The van der Waals surface area contributed by atoms with Gasteiger partial charge in [0, 0.05) is 16.8 Å². The molecule has 2 heterocycles. The lowest BCUT2D eigenvalue weighted by Gasteiger charge is -2.14. The second-order valence-corrected chi connectivity index (χ2v) is 6.35. The van der Waals surface area contributed by atoms with Crippen LogP contribution in [0.15, 0.2) is 59.0 Å². The minimum Gasteiger partial charge on any atom is -0.453 e. The fourth-order valence-electron chi connectivity index (χ4n) is 3.16. The number of aromatic nitrogens is 2. The minimum absolute atomic E-state index is 0.162. The van der Waals surface area contributed by atoms with E-state index in [2.05, 4.69) is 12.2 Å². The van der Waals surface area contributed by atoms with Gasteiger partial charge >= 0.3 is 0 Å². The van der Waals surface area contributed by atoms with E-state index in [0.717, 1.165) is 47.1 Å². The Kier molecular flexibility index (Phi) is 4.65. The van der Waals surface area contributed by atoms with Crippen molar-refractivity contribution in [2.75, 3.05) is 13.1 Å². The predicted molar refractivity (Wildman–Crippen MR) is 105 cm³/mol. The summed E-state index contributed by atoms with van der Waals surface area (Å²) in [5.41, 5.74) is 9.04. The van der Waals surface area contributed by atoms with Crippen LogP contribution < -0.4 is 11.1 Å². The summed E-state index contributed by atoms with van der Waals surface area (Å²) < 4.78 is 5.96. The average molecular weight is 346 g/mol. The first-order chi connectivity index (χ1) is 12.8. The molecule has 3 N–H and O–H groups in total. The van der Waals surface area contributed by atoms with Gasteiger partial charge in [0.05, 0.1) is 11.2 Å². The zero-order chi connectivity index (χ0) is 17.9. The molecule has 1 unspecified atom stereocenters. The molecule has 0 radical (unpaired) electrons. The molecule has 0 amide bonds. The van der Waals surface area contributed by atoms with Gasteiger partial charge in [-0.3, -0.25) is 0 Å². The zero-order valence-electron chi connectivity index (χ0n) is 14.8. The Bertz CT molecular complexity index is 1010. The summed E-state index contributed by atoms with van der Waals surface area (Å²) in [5, 5.41) is 5.35. The number of nitrogens with one attached hydrogen (secondary N) is 1. The third kappa shape index (κ3) is 3.19. The first-order valence-electron chi connectivity index (χ1n) is 8.98. The van der Waals surface area contributed by atoms with E-state index >= 15 is 0 Å². The van der Waals surface area contributed by atoms with Crippen molar-refractivity contribution in [1.82, 2.24) is 15.3 Å². The van der Waals surface area contributed by atoms with Crippen molar-refractivity contribution in [3.8, 4) is 11.6 Å². The fraction of sp³-hybridized carbons (Fsp3) is 0.238. The molecular weight excluding hydrogens is 324 g/mol. The van der Waals surface area contributed by atoms with Gasteiger partial charge in [-0.05, 0) is 37.7 Å². The minimum atomic E-state index is -0.162. The summed E-state index contributed by atoms with van der Waals surface area (Å²) in [6, 6.07) is 17.7. The first kappa shape index (κ1) is 16.7. The van der Waals surface area contributed by atoms with E-state index in [9.17, 15) is 0 Å². The van der Waals surface area contributed by atoms with Gasteiger partial charge in [-0.1, -0.05) is 43.3 Å². The highest BCUT2D eigenvalue weighted by atomic mass is 16.3. The third-order valence-electron chi connectivity index (χ3n) is 4.51. The Hall–Kier alpha value is -2.76. The first-order valence-corrected chi connectivity index (χ1v) is 8.98. The largest absolute Gasteiger partial charge is 0.453 e. The highest BCUT2D eigenvalue weighted by molar-refractivity contribution is 5.85. The molecule has 0 saturated heterocycles. The number of nitrogens with two attached hydrogens (primary N) is 1. The van der Waals surface area contributed by atoms with Gasteiger partial charge < -0.3 is 15.5 Å². The molecule has 132 valence electrons. The summed E-state index contributed by atoms with van der Waals surface area (Å²) in [6.07, 6.45) is 0.814.